The molecular formula is C18H26F3NO2S. The molecule has 0 aliphatic rings. The molecule has 0 aliphatic heterocycles. The van der Waals surface area contributed by atoms with E-state index in [-0.39, 0.29) is 30.7 Å². The van der Waals surface area contributed by atoms with E-state index in [1.807, 2.05) is 0 Å². The highest BCUT2D eigenvalue weighted by Crippen LogP contribution is 2.40. The Morgan fingerprint density at radius 1 is 1.32 bits per heavy atom. The molecule has 0 heterocycles. The number of nitrogens with zero attached hydrogens (tertiary/aromatic N) is 1. The van der Waals surface area contributed by atoms with Crippen molar-refractivity contribution in [1.82, 2.24) is 0 Å². The van der Waals surface area contributed by atoms with Crippen molar-refractivity contribution in [3.8, 4) is 0 Å². The van der Waals surface area contributed by atoms with Gasteiger partial charge in [0.1, 0.15) is 21.9 Å². The summed E-state index contributed by atoms with van der Waals surface area (Å²) in [5.74, 6) is -5.54. The van der Waals surface area contributed by atoms with Crippen LogP contribution in [0.1, 0.15) is 58.6 Å². The van der Waals surface area contributed by atoms with Crippen LogP contribution in [0.4, 0.5) is 13.2 Å². The quantitative estimate of drug-likeness (QED) is 0.558. The molecule has 0 amide bonds. The Kier molecular flexibility index (Phi) is 7.53. The molecule has 0 spiro atoms. The van der Waals surface area contributed by atoms with Crippen LogP contribution in [0.25, 0.3) is 0 Å². The molecule has 0 aliphatic carbocycles. The van der Waals surface area contributed by atoms with Crippen LogP contribution < -0.4 is 0 Å². The highest BCUT2D eigenvalue weighted by atomic mass is 32.2. The number of alkyl halides is 2. The smallest absolute Gasteiger partial charge is 0.278 e. The van der Waals surface area contributed by atoms with E-state index in [2.05, 4.69) is 4.40 Å². The Morgan fingerprint density at radius 3 is 2.44 bits per heavy atom. The predicted octanol–water partition coefficient (Wildman–Crippen LogP) is 4.60. The summed E-state index contributed by atoms with van der Waals surface area (Å²) >= 11 is -1.61. The fraction of sp³-hybridized carbons (Fsp3) is 0.611. The number of aliphatic hydroxyl groups is 1. The van der Waals surface area contributed by atoms with E-state index in [1.54, 1.807) is 20.8 Å². The summed E-state index contributed by atoms with van der Waals surface area (Å²) in [6, 6.07) is 3.76. The van der Waals surface area contributed by atoms with E-state index in [9.17, 15) is 17.7 Å². The molecule has 0 fully saturated rings. The molecule has 25 heavy (non-hydrogen) atoms. The molecule has 0 aromatic heterocycles. The third kappa shape index (κ3) is 5.46. The molecule has 2 atom stereocenters. The Labute approximate surface area is 150 Å². The Morgan fingerprint density at radius 2 is 1.92 bits per heavy atom. The summed E-state index contributed by atoms with van der Waals surface area (Å²) in [4.78, 5) is 0. The van der Waals surface area contributed by atoms with Crippen LogP contribution in [0.15, 0.2) is 22.6 Å². The third-order valence-electron chi connectivity index (χ3n) is 3.91. The number of hydrogen-bond donors (Lipinski definition) is 1. The van der Waals surface area contributed by atoms with Crippen molar-refractivity contribution in [3.63, 3.8) is 0 Å². The van der Waals surface area contributed by atoms with Gasteiger partial charge in [-0.1, -0.05) is 29.5 Å². The van der Waals surface area contributed by atoms with Crippen molar-refractivity contribution in [2.24, 2.45) is 10.3 Å². The second-order valence-electron chi connectivity index (χ2n) is 7.10. The lowest BCUT2D eigenvalue weighted by atomic mass is 9.90. The normalized spacial score (nSPS) is 16.0. The second kappa shape index (κ2) is 8.56. The van der Waals surface area contributed by atoms with Crippen LogP contribution in [-0.4, -0.2) is 26.7 Å². The Hall–Kier alpha value is -1.05. The van der Waals surface area contributed by atoms with E-state index in [4.69, 9.17) is 5.11 Å². The first kappa shape index (κ1) is 22.0. The fourth-order valence-corrected chi connectivity index (χ4v) is 2.84. The van der Waals surface area contributed by atoms with Crippen molar-refractivity contribution in [1.29, 1.82) is 0 Å². The molecule has 1 unspecified atom stereocenters. The summed E-state index contributed by atoms with van der Waals surface area (Å²) in [5.41, 5.74) is -0.665. The zero-order chi connectivity index (χ0) is 19.4. The van der Waals surface area contributed by atoms with E-state index >= 15 is 0 Å². The molecule has 1 aromatic carbocycles. The largest absolute Gasteiger partial charge is 0.591 e. The van der Waals surface area contributed by atoms with Gasteiger partial charge in [0.15, 0.2) is 0 Å². The van der Waals surface area contributed by atoms with Gasteiger partial charge in [0.25, 0.3) is 5.92 Å². The van der Waals surface area contributed by atoms with Crippen LogP contribution in [0.5, 0.6) is 0 Å². The van der Waals surface area contributed by atoms with Gasteiger partial charge in [0, 0.05) is 18.1 Å². The summed E-state index contributed by atoms with van der Waals surface area (Å²) in [6.07, 6.45) is 0.303. The van der Waals surface area contributed by atoms with E-state index in [0.717, 1.165) is 6.07 Å². The standard InChI is InChI=1S/C18H26F3NO2S/c1-12(8-7-11-23)18(20,21)15-10-6-9-14(16(15)19)13(2)22-25(24)17(3,4)5/h6,9-10,12,23H,7-8,11H2,1-5H3/t12-,25?/m1/s1. The Bertz CT molecular complexity index is 615. The van der Waals surface area contributed by atoms with Crippen molar-refractivity contribution < 1.29 is 22.8 Å². The molecule has 142 valence electrons. The SMILES string of the molecule is CC(=N[S+]([O-])C(C)(C)C)c1cccc(C(F)(F)[C@H](C)CCCO)c1F. The summed E-state index contributed by atoms with van der Waals surface area (Å²) in [5, 5.41) is 8.81. The molecule has 1 N–H and O–H groups in total. The van der Waals surface area contributed by atoms with Crippen LogP contribution in [0.3, 0.4) is 0 Å². The molecule has 1 aromatic rings. The van der Waals surface area contributed by atoms with Gasteiger partial charge in [-0.05, 0) is 40.5 Å². The predicted molar refractivity (Wildman–Crippen MR) is 95.9 cm³/mol. The van der Waals surface area contributed by atoms with Crippen LogP contribution in [0, 0.1) is 11.7 Å². The van der Waals surface area contributed by atoms with Gasteiger partial charge in [0.2, 0.25) is 0 Å². The van der Waals surface area contributed by atoms with Gasteiger partial charge < -0.3 is 9.66 Å². The molecule has 0 saturated heterocycles. The highest BCUT2D eigenvalue weighted by Gasteiger charge is 2.41. The molecule has 0 saturated carbocycles. The van der Waals surface area contributed by atoms with Gasteiger partial charge in [-0.3, -0.25) is 0 Å². The Balaban J connectivity index is 3.24. The van der Waals surface area contributed by atoms with Crippen molar-refractivity contribution in [2.75, 3.05) is 6.61 Å². The van der Waals surface area contributed by atoms with Gasteiger partial charge in [-0.2, -0.15) is 0 Å². The molecule has 1 rings (SSSR count). The number of aliphatic hydroxyl groups excluding tert-OH is 1. The summed E-state index contributed by atoms with van der Waals surface area (Å²) < 4.78 is 59.4. The number of hydrogen-bond acceptors (Lipinski definition) is 3. The molecule has 3 nitrogen and oxygen atoms in total. The van der Waals surface area contributed by atoms with Gasteiger partial charge in [-0.15, -0.1) is 0 Å². The number of halogens is 3. The summed E-state index contributed by atoms with van der Waals surface area (Å²) in [6.45, 7) is 7.78. The monoisotopic (exact) mass is 377 g/mol. The van der Waals surface area contributed by atoms with Crippen molar-refractivity contribution >= 4 is 17.1 Å². The average molecular weight is 377 g/mol. The number of rotatable bonds is 7. The average Bonchev–Trinajstić information content (AvgIpc) is 2.51. The van der Waals surface area contributed by atoms with Gasteiger partial charge in [-0.25, -0.2) is 13.2 Å². The lowest BCUT2D eigenvalue weighted by Gasteiger charge is -2.25. The lowest BCUT2D eigenvalue weighted by molar-refractivity contribution is -0.0654. The minimum Gasteiger partial charge on any atom is -0.591 e. The topological polar surface area (TPSA) is 55.7 Å². The third-order valence-corrected chi connectivity index (χ3v) is 5.39. The van der Waals surface area contributed by atoms with Crippen molar-refractivity contribution in [3.05, 3.63) is 35.1 Å². The highest BCUT2D eigenvalue weighted by molar-refractivity contribution is 7.91. The molecule has 7 heteroatoms. The van der Waals surface area contributed by atoms with E-state index in [0.29, 0.717) is 0 Å². The van der Waals surface area contributed by atoms with Crippen LogP contribution >= 0.6 is 0 Å². The first-order chi connectivity index (χ1) is 11.4. The minimum atomic E-state index is -3.38. The zero-order valence-corrected chi connectivity index (χ0v) is 16.1. The van der Waals surface area contributed by atoms with E-state index < -0.39 is 39.3 Å². The van der Waals surface area contributed by atoms with Crippen LogP contribution in [0.2, 0.25) is 0 Å². The maximum atomic E-state index is 14.7. The lowest BCUT2D eigenvalue weighted by Crippen LogP contribution is -2.27. The maximum Gasteiger partial charge on any atom is 0.278 e. The number of benzene rings is 1. The summed E-state index contributed by atoms with van der Waals surface area (Å²) in [7, 11) is 0. The minimum absolute atomic E-state index is 0.0777. The van der Waals surface area contributed by atoms with E-state index in [1.165, 1.54) is 26.0 Å². The first-order valence-electron chi connectivity index (χ1n) is 8.18. The van der Waals surface area contributed by atoms with Gasteiger partial charge >= 0.3 is 0 Å². The van der Waals surface area contributed by atoms with Crippen LogP contribution in [-0.2, 0) is 17.3 Å². The van der Waals surface area contributed by atoms with Gasteiger partial charge in [0.05, 0.1) is 11.3 Å². The molecular weight excluding hydrogens is 351 g/mol. The fourth-order valence-electron chi connectivity index (χ4n) is 2.22. The first-order valence-corrected chi connectivity index (χ1v) is 9.29. The van der Waals surface area contributed by atoms with Crippen molar-refractivity contribution in [2.45, 2.75) is 58.1 Å². The molecule has 0 bridgehead atoms. The molecule has 0 radical (unpaired) electrons. The maximum absolute atomic E-state index is 14.7. The zero-order valence-electron chi connectivity index (χ0n) is 15.3. The second-order valence-corrected chi connectivity index (χ2v) is 9.00.